The minimum absolute atomic E-state index is 0.335. The summed E-state index contributed by atoms with van der Waals surface area (Å²) in [5.74, 6) is -0.943. The van der Waals surface area contributed by atoms with Crippen LogP contribution >= 0.6 is 0 Å². The van der Waals surface area contributed by atoms with Crippen LogP contribution in [0.2, 0.25) is 0 Å². The summed E-state index contributed by atoms with van der Waals surface area (Å²) in [4.78, 5) is 10.2. The third-order valence-corrected chi connectivity index (χ3v) is 1.15. The molecule has 0 aromatic carbocycles. The molecule has 0 saturated heterocycles. The van der Waals surface area contributed by atoms with Gasteiger partial charge >= 0.3 is 5.97 Å². The Balaban J connectivity index is 3.17. The second-order valence-electron chi connectivity index (χ2n) is 2.05. The fraction of sp³-hybridized carbons (Fsp3) is 0.857. The second kappa shape index (κ2) is 6.12. The highest BCUT2D eigenvalue weighted by atomic mass is 16.5. The molecule has 1 N–H and O–H groups in total. The monoisotopic (exact) mass is 162 g/mol. The minimum atomic E-state index is -0.943. The van der Waals surface area contributed by atoms with Gasteiger partial charge in [-0.05, 0) is 13.8 Å². The van der Waals surface area contributed by atoms with E-state index in [9.17, 15) is 4.79 Å². The van der Waals surface area contributed by atoms with Crippen LogP contribution in [0.25, 0.3) is 0 Å². The molecule has 0 aromatic heterocycles. The average molecular weight is 162 g/mol. The van der Waals surface area contributed by atoms with Crippen molar-refractivity contribution in [1.82, 2.24) is 0 Å². The summed E-state index contributed by atoms with van der Waals surface area (Å²) in [6.07, 6.45) is -0.740. The smallest absolute Gasteiger partial charge is 0.332 e. The van der Waals surface area contributed by atoms with Crippen molar-refractivity contribution in [3.8, 4) is 0 Å². The lowest BCUT2D eigenvalue weighted by molar-refractivity contribution is -0.149. The Hall–Kier alpha value is -0.610. The van der Waals surface area contributed by atoms with Crippen molar-refractivity contribution in [1.29, 1.82) is 0 Å². The van der Waals surface area contributed by atoms with Crippen LogP contribution in [0.1, 0.15) is 13.8 Å². The number of hydrogen-bond acceptors (Lipinski definition) is 3. The molecule has 11 heavy (non-hydrogen) atoms. The van der Waals surface area contributed by atoms with Gasteiger partial charge in [-0.2, -0.15) is 0 Å². The SMILES string of the molecule is CCOCCO[C@@H](C)C(=O)O. The summed E-state index contributed by atoms with van der Waals surface area (Å²) in [5.41, 5.74) is 0. The Morgan fingerprint density at radius 1 is 1.55 bits per heavy atom. The lowest BCUT2D eigenvalue weighted by atomic mass is 10.4. The fourth-order valence-corrected chi connectivity index (χ4v) is 0.499. The number of ether oxygens (including phenoxy) is 2. The van der Waals surface area contributed by atoms with Crippen molar-refractivity contribution in [2.75, 3.05) is 19.8 Å². The van der Waals surface area contributed by atoms with Gasteiger partial charge in [0, 0.05) is 6.61 Å². The first-order chi connectivity index (χ1) is 5.18. The molecule has 0 spiro atoms. The predicted molar refractivity (Wildman–Crippen MR) is 39.5 cm³/mol. The molecular weight excluding hydrogens is 148 g/mol. The molecule has 0 radical (unpaired) electrons. The third-order valence-electron chi connectivity index (χ3n) is 1.15. The topological polar surface area (TPSA) is 55.8 Å². The number of hydrogen-bond donors (Lipinski definition) is 1. The molecule has 4 nitrogen and oxygen atoms in total. The van der Waals surface area contributed by atoms with Crippen LogP contribution in [0.3, 0.4) is 0 Å². The van der Waals surface area contributed by atoms with E-state index in [-0.39, 0.29) is 0 Å². The number of carboxylic acid groups (broad SMARTS) is 1. The molecule has 0 saturated carbocycles. The molecule has 0 fully saturated rings. The van der Waals surface area contributed by atoms with Gasteiger partial charge in [0.15, 0.2) is 6.10 Å². The molecule has 0 aliphatic rings. The fourth-order valence-electron chi connectivity index (χ4n) is 0.499. The van der Waals surface area contributed by atoms with Gasteiger partial charge in [0.1, 0.15) is 0 Å². The summed E-state index contributed by atoms with van der Waals surface area (Å²) in [6, 6.07) is 0. The van der Waals surface area contributed by atoms with Crippen molar-refractivity contribution in [2.24, 2.45) is 0 Å². The maximum Gasteiger partial charge on any atom is 0.332 e. The van der Waals surface area contributed by atoms with Crippen molar-refractivity contribution in [3.63, 3.8) is 0 Å². The third kappa shape index (κ3) is 5.82. The van der Waals surface area contributed by atoms with E-state index in [0.717, 1.165) is 0 Å². The molecule has 0 rings (SSSR count). The number of aliphatic carboxylic acids is 1. The van der Waals surface area contributed by atoms with Gasteiger partial charge in [-0.3, -0.25) is 0 Å². The summed E-state index contributed by atoms with van der Waals surface area (Å²) in [6.45, 7) is 4.79. The van der Waals surface area contributed by atoms with Crippen molar-refractivity contribution >= 4 is 5.97 Å². The maximum atomic E-state index is 10.2. The van der Waals surface area contributed by atoms with Crippen molar-refractivity contribution in [2.45, 2.75) is 20.0 Å². The number of carboxylic acids is 1. The largest absolute Gasteiger partial charge is 0.479 e. The lowest BCUT2D eigenvalue weighted by Gasteiger charge is -2.07. The van der Waals surface area contributed by atoms with E-state index >= 15 is 0 Å². The zero-order valence-corrected chi connectivity index (χ0v) is 6.87. The van der Waals surface area contributed by atoms with Gasteiger partial charge in [-0.1, -0.05) is 0 Å². The molecule has 4 heteroatoms. The highest BCUT2D eigenvalue weighted by Gasteiger charge is 2.09. The zero-order chi connectivity index (χ0) is 8.69. The van der Waals surface area contributed by atoms with E-state index < -0.39 is 12.1 Å². The summed E-state index contributed by atoms with van der Waals surface area (Å²) >= 11 is 0. The second-order valence-corrected chi connectivity index (χ2v) is 2.05. The first-order valence-electron chi connectivity index (χ1n) is 3.60. The van der Waals surface area contributed by atoms with E-state index in [1.165, 1.54) is 6.92 Å². The van der Waals surface area contributed by atoms with E-state index in [0.29, 0.717) is 19.8 Å². The molecule has 0 bridgehead atoms. The Morgan fingerprint density at radius 2 is 2.18 bits per heavy atom. The lowest BCUT2D eigenvalue weighted by Crippen LogP contribution is -2.21. The van der Waals surface area contributed by atoms with Gasteiger partial charge in [0.25, 0.3) is 0 Å². The number of rotatable bonds is 6. The predicted octanol–water partition coefficient (Wildman–Crippen LogP) is 0.513. The van der Waals surface area contributed by atoms with Gasteiger partial charge < -0.3 is 14.6 Å². The quantitative estimate of drug-likeness (QED) is 0.578. The zero-order valence-electron chi connectivity index (χ0n) is 6.87. The van der Waals surface area contributed by atoms with Crippen LogP contribution in [0.4, 0.5) is 0 Å². The molecule has 1 atom stereocenters. The average Bonchev–Trinajstić information content (AvgIpc) is 1.97. The summed E-state index contributed by atoms with van der Waals surface area (Å²) in [5, 5.41) is 8.37. The summed E-state index contributed by atoms with van der Waals surface area (Å²) < 4.78 is 9.83. The normalized spacial score (nSPS) is 12.9. The van der Waals surface area contributed by atoms with E-state index in [1.807, 2.05) is 6.92 Å². The van der Waals surface area contributed by atoms with Gasteiger partial charge in [0.05, 0.1) is 13.2 Å². The first-order valence-corrected chi connectivity index (χ1v) is 3.60. The van der Waals surface area contributed by atoms with Crippen molar-refractivity contribution < 1.29 is 19.4 Å². The highest BCUT2D eigenvalue weighted by Crippen LogP contribution is 1.89. The van der Waals surface area contributed by atoms with Crippen LogP contribution in [-0.4, -0.2) is 37.0 Å². The van der Waals surface area contributed by atoms with Crippen LogP contribution in [0.15, 0.2) is 0 Å². The molecule has 0 unspecified atom stereocenters. The Morgan fingerprint density at radius 3 is 2.64 bits per heavy atom. The number of carbonyl (C=O) groups is 1. The van der Waals surface area contributed by atoms with Crippen LogP contribution in [0.5, 0.6) is 0 Å². The van der Waals surface area contributed by atoms with Gasteiger partial charge in [0.2, 0.25) is 0 Å². The van der Waals surface area contributed by atoms with Crippen LogP contribution in [-0.2, 0) is 14.3 Å². The maximum absolute atomic E-state index is 10.2. The highest BCUT2D eigenvalue weighted by molar-refractivity contribution is 5.71. The van der Waals surface area contributed by atoms with Crippen LogP contribution < -0.4 is 0 Å². The molecule has 0 amide bonds. The minimum Gasteiger partial charge on any atom is -0.479 e. The van der Waals surface area contributed by atoms with Crippen molar-refractivity contribution in [3.05, 3.63) is 0 Å². The van der Waals surface area contributed by atoms with Gasteiger partial charge in [-0.25, -0.2) is 4.79 Å². The van der Waals surface area contributed by atoms with E-state index in [4.69, 9.17) is 14.6 Å². The summed E-state index contributed by atoms with van der Waals surface area (Å²) in [7, 11) is 0. The Kier molecular flexibility index (Phi) is 5.78. The van der Waals surface area contributed by atoms with E-state index in [2.05, 4.69) is 0 Å². The standard InChI is InChI=1S/C7H14O4/c1-3-10-4-5-11-6(2)7(8)9/h6H,3-5H2,1-2H3,(H,8,9)/t6-/m0/s1. The molecular formula is C7H14O4. The van der Waals surface area contributed by atoms with E-state index in [1.54, 1.807) is 0 Å². The molecule has 0 aromatic rings. The van der Waals surface area contributed by atoms with Crippen LogP contribution in [0, 0.1) is 0 Å². The first kappa shape index (κ1) is 10.4. The molecule has 66 valence electrons. The Bertz CT molecular complexity index is 113. The molecule has 0 heterocycles. The Labute approximate surface area is 66.1 Å². The molecule has 0 aliphatic carbocycles. The molecule has 0 aliphatic heterocycles. The van der Waals surface area contributed by atoms with Gasteiger partial charge in [-0.15, -0.1) is 0 Å².